The quantitative estimate of drug-likeness (QED) is 0.679. The van der Waals surface area contributed by atoms with E-state index in [2.05, 4.69) is 22.1 Å². The molecule has 1 aliphatic heterocycles. The molecule has 2 N–H and O–H groups in total. The number of thiophene rings is 1. The van der Waals surface area contributed by atoms with Gasteiger partial charge in [-0.1, -0.05) is 11.8 Å². The lowest BCUT2D eigenvalue weighted by Crippen LogP contribution is -2.32. The van der Waals surface area contributed by atoms with Crippen molar-refractivity contribution in [3.8, 4) is 11.8 Å². The number of carbonyl (C=O) groups is 1. The average Bonchev–Trinajstić information content (AvgIpc) is 3.33. The van der Waals surface area contributed by atoms with Crippen molar-refractivity contribution in [1.82, 2.24) is 13.9 Å². The Morgan fingerprint density at radius 3 is 2.67 bits per heavy atom. The molecule has 0 spiro atoms. The molecule has 1 atom stereocenters. The fraction of sp³-hybridized carbons (Fsp3) is 0.500. The third-order valence-corrected chi connectivity index (χ3v) is 7.46. The highest BCUT2D eigenvalue weighted by molar-refractivity contribution is 7.89. The molecule has 1 aliphatic rings. The van der Waals surface area contributed by atoms with E-state index >= 15 is 0 Å². The van der Waals surface area contributed by atoms with Crippen LogP contribution in [0.1, 0.15) is 47.6 Å². The van der Waals surface area contributed by atoms with Crippen molar-refractivity contribution in [2.24, 2.45) is 12.5 Å². The summed E-state index contributed by atoms with van der Waals surface area (Å²) in [5.41, 5.74) is 0.286. The van der Waals surface area contributed by atoms with Gasteiger partial charge in [-0.15, -0.1) is 11.3 Å². The van der Waals surface area contributed by atoms with E-state index in [1.165, 1.54) is 10.5 Å². The molecule has 1 saturated heterocycles. The van der Waals surface area contributed by atoms with E-state index in [9.17, 15) is 18.3 Å². The second-order valence-electron chi connectivity index (χ2n) is 8.39. The maximum absolute atomic E-state index is 12.9. The van der Waals surface area contributed by atoms with Gasteiger partial charge in [-0.05, 0) is 40.2 Å². The molecule has 0 amide bonds. The highest BCUT2D eigenvalue weighted by Gasteiger charge is 2.34. The van der Waals surface area contributed by atoms with Crippen LogP contribution >= 0.6 is 11.3 Å². The molecule has 0 bridgehead atoms. The van der Waals surface area contributed by atoms with Gasteiger partial charge in [0.05, 0.1) is 10.6 Å². The molecule has 1 fully saturated rings. The van der Waals surface area contributed by atoms with Crippen LogP contribution in [0.15, 0.2) is 17.3 Å². The first-order chi connectivity index (χ1) is 13.9. The number of carboxylic acid groups (broad SMARTS) is 1. The molecular formula is C20H26N4O4S2. The van der Waals surface area contributed by atoms with Gasteiger partial charge >= 0.3 is 5.97 Å². The van der Waals surface area contributed by atoms with Crippen LogP contribution in [0.5, 0.6) is 0 Å². The van der Waals surface area contributed by atoms with Gasteiger partial charge in [0, 0.05) is 37.8 Å². The summed E-state index contributed by atoms with van der Waals surface area (Å²) in [6.07, 6.45) is 2.08. The Morgan fingerprint density at radius 1 is 1.40 bits per heavy atom. The van der Waals surface area contributed by atoms with Crippen LogP contribution in [0, 0.1) is 24.2 Å². The predicted molar refractivity (Wildman–Crippen MR) is 116 cm³/mol. The summed E-state index contributed by atoms with van der Waals surface area (Å²) in [7, 11) is -1.94. The van der Waals surface area contributed by atoms with E-state index in [4.69, 9.17) is 0 Å². The first-order valence-electron chi connectivity index (χ1n) is 9.54. The second-order valence-corrected chi connectivity index (χ2v) is 11.3. The molecule has 0 aromatic carbocycles. The summed E-state index contributed by atoms with van der Waals surface area (Å²) in [5, 5.41) is 12.8. The van der Waals surface area contributed by atoms with Crippen molar-refractivity contribution in [2.75, 3.05) is 18.4 Å². The van der Waals surface area contributed by atoms with Gasteiger partial charge in [-0.3, -0.25) is 0 Å². The first-order valence-corrected chi connectivity index (χ1v) is 11.8. The Morgan fingerprint density at radius 2 is 2.10 bits per heavy atom. The highest BCUT2D eigenvalue weighted by atomic mass is 32.2. The van der Waals surface area contributed by atoms with Crippen molar-refractivity contribution in [3.05, 3.63) is 27.8 Å². The SMILES string of the molecule is Cc1nc(S(=O)(=O)N2CC[C@H](Nc3cc(C#CC(C)(C)C)sc3C(=O)O)C2)cn1C. The van der Waals surface area contributed by atoms with Crippen molar-refractivity contribution < 1.29 is 18.3 Å². The molecule has 30 heavy (non-hydrogen) atoms. The number of aryl methyl sites for hydroxylation is 2. The topological polar surface area (TPSA) is 105 Å². The van der Waals surface area contributed by atoms with Crippen LogP contribution in [-0.4, -0.2) is 52.5 Å². The van der Waals surface area contributed by atoms with Crippen LogP contribution in [0.3, 0.4) is 0 Å². The molecule has 3 heterocycles. The number of aromatic nitrogens is 2. The third kappa shape index (κ3) is 4.86. The fourth-order valence-corrected chi connectivity index (χ4v) is 5.37. The van der Waals surface area contributed by atoms with Gasteiger partial charge in [0.15, 0.2) is 5.03 Å². The van der Waals surface area contributed by atoms with Crippen LogP contribution < -0.4 is 5.32 Å². The van der Waals surface area contributed by atoms with Gasteiger partial charge in [-0.2, -0.15) is 4.31 Å². The van der Waals surface area contributed by atoms with Crippen molar-refractivity contribution in [2.45, 2.75) is 45.2 Å². The van der Waals surface area contributed by atoms with Crippen LogP contribution in [-0.2, 0) is 17.1 Å². The normalized spacial score (nSPS) is 17.6. The van der Waals surface area contributed by atoms with Crippen molar-refractivity contribution in [1.29, 1.82) is 0 Å². The number of hydrogen-bond donors (Lipinski definition) is 2. The molecule has 2 aromatic heterocycles. The number of nitrogens with one attached hydrogen (secondary N) is 1. The Hall–Kier alpha value is -2.35. The molecule has 0 aliphatic carbocycles. The molecular weight excluding hydrogens is 424 g/mol. The molecule has 8 nitrogen and oxygen atoms in total. The number of sulfonamides is 1. The first kappa shape index (κ1) is 22.3. The van der Waals surface area contributed by atoms with Crippen molar-refractivity contribution >= 4 is 33.0 Å². The zero-order valence-electron chi connectivity index (χ0n) is 17.7. The van der Waals surface area contributed by atoms with Gasteiger partial charge in [0.25, 0.3) is 10.0 Å². The average molecular weight is 451 g/mol. The monoisotopic (exact) mass is 450 g/mol. The summed E-state index contributed by atoms with van der Waals surface area (Å²) in [6.45, 7) is 8.30. The van der Waals surface area contributed by atoms with E-state index in [0.29, 0.717) is 29.4 Å². The van der Waals surface area contributed by atoms with E-state index in [-0.39, 0.29) is 27.9 Å². The van der Waals surface area contributed by atoms with E-state index in [1.807, 2.05) is 20.8 Å². The largest absolute Gasteiger partial charge is 0.477 e. The third-order valence-electron chi connectivity index (χ3n) is 4.69. The van der Waals surface area contributed by atoms with Gasteiger partial charge in [0.1, 0.15) is 10.7 Å². The Bertz CT molecular complexity index is 1110. The minimum atomic E-state index is -3.69. The zero-order valence-corrected chi connectivity index (χ0v) is 19.3. The smallest absolute Gasteiger partial charge is 0.348 e. The number of carboxylic acids is 1. The number of aromatic carboxylic acids is 1. The summed E-state index contributed by atoms with van der Waals surface area (Å²) < 4.78 is 28.8. The summed E-state index contributed by atoms with van der Waals surface area (Å²) in [4.78, 5) is 16.6. The number of rotatable bonds is 5. The molecule has 10 heteroatoms. The number of hydrogen-bond acceptors (Lipinski definition) is 6. The number of imidazole rings is 1. The minimum Gasteiger partial charge on any atom is -0.477 e. The molecule has 0 saturated carbocycles. The summed E-state index contributed by atoms with van der Waals surface area (Å²) in [6, 6.07) is 1.53. The molecule has 2 aromatic rings. The molecule has 162 valence electrons. The molecule has 0 radical (unpaired) electrons. The lowest BCUT2D eigenvalue weighted by atomic mass is 9.98. The standard InChI is InChI=1S/C20H26N4O4S2/c1-13-21-17(12-23(13)5)30(27,28)24-9-7-14(11-24)22-16-10-15(6-8-20(2,3)4)29-18(16)19(25)26/h10,12,14,22H,7,9,11H2,1-5H3,(H,25,26)/t14-/m0/s1. The van der Waals surface area contributed by atoms with E-state index in [0.717, 1.165) is 11.3 Å². The zero-order chi connectivity index (χ0) is 22.3. The van der Waals surface area contributed by atoms with Gasteiger partial charge in [0.2, 0.25) is 0 Å². The summed E-state index contributed by atoms with van der Waals surface area (Å²) >= 11 is 1.12. The van der Waals surface area contributed by atoms with Crippen molar-refractivity contribution in [3.63, 3.8) is 0 Å². The van der Waals surface area contributed by atoms with E-state index < -0.39 is 16.0 Å². The highest BCUT2D eigenvalue weighted by Crippen LogP contribution is 2.30. The Labute approximate surface area is 181 Å². The van der Waals surface area contributed by atoms with Crippen LogP contribution in [0.4, 0.5) is 5.69 Å². The molecule has 0 unspecified atom stereocenters. The second kappa shape index (κ2) is 8.06. The number of nitrogens with zero attached hydrogens (tertiary/aromatic N) is 3. The predicted octanol–water partition coefficient (Wildman–Crippen LogP) is 2.76. The number of anilines is 1. The lowest BCUT2D eigenvalue weighted by molar-refractivity contribution is 0.0703. The summed E-state index contributed by atoms with van der Waals surface area (Å²) in [5.74, 6) is 5.73. The maximum Gasteiger partial charge on any atom is 0.348 e. The van der Waals surface area contributed by atoms with Crippen LogP contribution in [0.25, 0.3) is 0 Å². The van der Waals surface area contributed by atoms with Gasteiger partial charge in [-0.25, -0.2) is 18.2 Å². The van der Waals surface area contributed by atoms with Gasteiger partial charge < -0.3 is 15.0 Å². The fourth-order valence-electron chi connectivity index (χ4n) is 3.03. The lowest BCUT2D eigenvalue weighted by Gasteiger charge is -2.16. The van der Waals surface area contributed by atoms with E-state index in [1.54, 1.807) is 24.6 Å². The Balaban J connectivity index is 1.77. The van der Waals surface area contributed by atoms with Crippen LogP contribution in [0.2, 0.25) is 0 Å². The Kier molecular flexibility index (Phi) is 6.00. The molecule has 3 rings (SSSR count). The maximum atomic E-state index is 12.9. The minimum absolute atomic E-state index is 0.0321.